The van der Waals surface area contributed by atoms with Crippen LogP contribution in [0.5, 0.6) is 0 Å². The van der Waals surface area contributed by atoms with Crippen LogP contribution in [0, 0.1) is 0 Å². The molecular formula is C14H6F12N2. The molecule has 0 spiro atoms. The van der Waals surface area contributed by atoms with Gasteiger partial charge in [-0.2, -0.15) is 57.8 Å². The minimum Gasteiger partial charge on any atom is -0.228 e. The van der Waals surface area contributed by atoms with Crippen molar-refractivity contribution in [1.29, 1.82) is 0 Å². The van der Waals surface area contributed by atoms with Crippen molar-refractivity contribution in [2.75, 3.05) is 0 Å². The third-order valence-electron chi connectivity index (χ3n) is 3.47. The summed E-state index contributed by atoms with van der Waals surface area (Å²) in [7, 11) is 0. The molecule has 0 atom stereocenters. The van der Waals surface area contributed by atoms with Crippen LogP contribution in [0.25, 0.3) is 5.69 Å². The first kappa shape index (κ1) is 21.9. The third-order valence-corrected chi connectivity index (χ3v) is 3.47. The predicted octanol–water partition coefficient (Wildman–Crippen LogP) is 5.82. The molecule has 14 heteroatoms. The summed E-state index contributed by atoms with van der Waals surface area (Å²) in [5, 5.41) is 2.55. The van der Waals surface area contributed by atoms with E-state index in [1.165, 1.54) is 6.07 Å². The second-order valence-electron chi connectivity index (χ2n) is 5.38. The number of hydrogen-bond acceptors (Lipinski definition) is 1. The van der Waals surface area contributed by atoms with E-state index in [4.69, 9.17) is 0 Å². The van der Waals surface area contributed by atoms with Gasteiger partial charge in [-0.3, -0.25) is 0 Å². The molecule has 156 valence electrons. The van der Waals surface area contributed by atoms with Crippen molar-refractivity contribution in [2.45, 2.75) is 30.1 Å². The Morgan fingerprint density at radius 1 is 0.679 bits per heavy atom. The molecule has 0 amide bonds. The molecule has 0 saturated carbocycles. The standard InChI is InChI=1S/C14H6F12N2/c15-10(16,12(20,21)13(22,23)14(24,25)26)8-6-9(11(17,18)19)28(27-8)7-4-2-1-3-5-7/h1-6H. The van der Waals surface area contributed by atoms with Crippen molar-refractivity contribution in [2.24, 2.45) is 0 Å². The molecule has 2 rings (SSSR count). The quantitative estimate of drug-likeness (QED) is 0.560. The number of aromatic nitrogens is 2. The summed E-state index contributed by atoms with van der Waals surface area (Å²) >= 11 is 0. The highest BCUT2D eigenvalue weighted by atomic mass is 19.4. The summed E-state index contributed by atoms with van der Waals surface area (Å²) in [6.45, 7) is 0. The maximum atomic E-state index is 13.9. The Kier molecular flexibility index (Phi) is 4.93. The molecule has 0 aliphatic carbocycles. The number of rotatable bonds is 4. The number of benzene rings is 1. The maximum absolute atomic E-state index is 13.9. The maximum Gasteiger partial charge on any atom is 0.460 e. The average Bonchev–Trinajstić information content (AvgIpc) is 3.00. The van der Waals surface area contributed by atoms with Crippen LogP contribution in [0.2, 0.25) is 0 Å². The van der Waals surface area contributed by atoms with Crippen molar-refractivity contribution in [3.8, 4) is 5.69 Å². The van der Waals surface area contributed by atoms with Crippen LogP contribution in [0.3, 0.4) is 0 Å². The molecule has 0 fully saturated rings. The van der Waals surface area contributed by atoms with Gasteiger partial charge in [-0.1, -0.05) is 18.2 Å². The van der Waals surface area contributed by atoms with Crippen molar-refractivity contribution >= 4 is 0 Å². The minimum absolute atomic E-state index is 0.314. The molecule has 1 heterocycles. The van der Waals surface area contributed by atoms with Crippen LogP contribution in [-0.4, -0.2) is 27.8 Å². The average molecular weight is 430 g/mol. The van der Waals surface area contributed by atoms with E-state index in [0.29, 0.717) is 0 Å². The molecule has 1 aromatic carbocycles. The zero-order chi connectivity index (χ0) is 21.8. The highest BCUT2D eigenvalue weighted by Crippen LogP contribution is 2.56. The fraction of sp³-hybridized carbons (Fsp3) is 0.357. The molecule has 0 radical (unpaired) electrons. The number of nitrogens with zero attached hydrogens (tertiary/aromatic N) is 2. The highest BCUT2D eigenvalue weighted by Gasteiger charge is 2.82. The fourth-order valence-electron chi connectivity index (χ4n) is 2.04. The highest BCUT2D eigenvalue weighted by molar-refractivity contribution is 5.35. The second kappa shape index (κ2) is 6.30. The summed E-state index contributed by atoms with van der Waals surface area (Å²) in [5.74, 6) is -20.8. The van der Waals surface area contributed by atoms with Gasteiger partial charge in [0.25, 0.3) is 0 Å². The van der Waals surface area contributed by atoms with Crippen molar-refractivity contribution < 1.29 is 52.7 Å². The van der Waals surface area contributed by atoms with E-state index in [-0.39, 0.29) is 4.68 Å². The first-order valence-electron chi connectivity index (χ1n) is 6.88. The lowest BCUT2D eigenvalue weighted by Crippen LogP contribution is -2.59. The van der Waals surface area contributed by atoms with Crippen molar-refractivity contribution in [3.05, 3.63) is 47.8 Å². The summed E-state index contributed by atoms with van der Waals surface area (Å²) in [6, 6.07) is 4.56. The Hall–Kier alpha value is -2.41. The van der Waals surface area contributed by atoms with Gasteiger partial charge in [-0.25, -0.2) is 4.68 Å². The Balaban J connectivity index is 2.69. The van der Waals surface area contributed by atoms with Crippen molar-refractivity contribution in [3.63, 3.8) is 0 Å². The Morgan fingerprint density at radius 3 is 1.61 bits per heavy atom. The lowest BCUT2D eigenvalue weighted by atomic mass is 10.0. The third kappa shape index (κ3) is 3.28. The molecule has 0 aliphatic heterocycles. The molecule has 0 N–H and O–H groups in total. The van der Waals surface area contributed by atoms with E-state index in [1.807, 2.05) is 0 Å². The van der Waals surface area contributed by atoms with Gasteiger partial charge >= 0.3 is 30.1 Å². The second-order valence-corrected chi connectivity index (χ2v) is 5.38. The smallest absolute Gasteiger partial charge is 0.228 e. The van der Waals surface area contributed by atoms with Gasteiger partial charge in [0.05, 0.1) is 5.69 Å². The van der Waals surface area contributed by atoms with Gasteiger partial charge in [0.1, 0.15) is 11.4 Å². The van der Waals surface area contributed by atoms with E-state index in [9.17, 15) is 52.7 Å². The van der Waals surface area contributed by atoms with Gasteiger partial charge in [-0.05, 0) is 18.2 Å². The topological polar surface area (TPSA) is 17.8 Å². The molecule has 2 nitrogen and oxygen atoms in total. The van der Waals surface area contributed by atoms with Crippen LogP contribution < -0.4 is 0 Å². The number of hydrogen-bond donors (Lipinski definition) is 0. The fourth-order valence-corrected chi connectivity index (χ4v) is 2.04. The summed E-state index contributed by atoms with van der Waals surface area (Å²) in [6.07, 6.45) is -12.6. The van der Waals surface area contributed by atoms with Gasteiger partial charge in [-0.15, -0.1) is 0 Å². The number of alkyl halides is 12. The van der Waals surface area contributed by atoms with Gasteiger partial charge in [0.2, 0.25) is 0 Å². The molecule has 0 aliphatic rings. The molecule has 0 unspecified atom stereocenters. The zero-order valence-corrected chi connectivity index (χ0v) is 12.9. The Morgan fingerprint density at radius 2 is 1.18 bits per heavy atom. The molecule has 2 aromatic rings. The first-order chi connectivity index (χ1) is 12.4. The molecule has 0 bridgehead atoms. The summed E-state index contributed by atoms with van der Waals surface area (Å²) < 4.78 is 156. The lowest BCUT2D eigenvalue weighted by molar-refractivity contribution is -0.400. The Labute approximate surface area is 147 Å². The molecule has 28 heavy (non-hydrogen) atoms. The minimum atomic E-state index is -7.25. The molecular weight excluding hydrogens is 424 g/mol. The molecule has 1 aromatic heterocycles. The Bertz CT molecular complexity index is 832. The lowest BCUT2D eigenvalue weighted by Gasteiger charge is -2.32. The van der Waals surface area contributed by atoms with E-state index in [0.717, 1.165) is 24.3 Å². The van der Waals surface area contributed by atoms with Gasteiger partial charge in [0.15, 0.2) is 0 Å². The van der Waals surface area contributed by atoms with E-state index >= 15 is 0 Å². The van der Waals surface area contributed by atoms with Crippen LogP contribution in [0.4, 0.5) is 52.7 Å². The zero-order valence-electron chi connectivity index (χ0n) is 12.9. The van der Waals surface area contributed by atoms with Crippen molar-refractivity contribution in [1.82, 2.24) is 9.78 Å². The van der Waals surface area contributed by atoms with Crippen LogP contribution in [0.15, 0.2) is 36.4 Å². The van der Waals surface area contributed by atoms with E-state index < -0.39 is 53.3 Å². The predicted molar refractivity (Wildman–Crippen MR) is 68.4 cm³/mol. The van der Waals surface area contributed by atoms with Gasteiger partial charge < -0.3 is 0 Å². The number of halogens is 12. The van der Waals surface area contributed by atoms with Crippen LogP contribution >= 0.6 is 0 Å². The summed E-state index contributed by atoms with van der Waals surface area (Å²) in [4.78, 5) is 0. The van der Waals surface area contributed by atoms with Crippen LogP contribution in [0.1, 0.15) is 11.4 Å². The largest absolute Gasteiger partial charge is 0.460 e. The monoisotopic (exact) mass is 430 g/mol. The van der Waals surface area contributed by atoms with E-state index in [2.05, 4.69) is 5.10 Å². The first-order valence-corrected chi connectivity index (χ1v) is 6.88. The SMILES string of the molecule is FC(F)(F)c1cc(C(F)(F)C(F)(F)C(F)(F)C(F)(F)F)nn1-c1ccccc1. The van der Waals surface area contributed by atoms with Gasteiger partial charge in [0, 0.05) is 0 Å². The summed E-state index contributed by atoms with van der Waals surface area (Å²) in [5.41, 5.74) is -5.28. The molecule has 0 saturated heterocycles. The van der Waals surface area contributed by atoms with Crippen LogP contribution in [-0.2, 0) is 12.1 Å². The van der Waals surface area contributed by atoms with E-state index in [1.54, 1.807) is 0 Å². The number of para-hydroxylation sites is 1. The normalized spacial score (nSPS) is 14.4.